The molecule has 0 spiro atoms. The maximum Gasteiger partial charge on any atom is 0.447 e. The summed E-state index contributed by atoms with van der Waals surface area (Å²) in [5.41, 5.74) is -4.27. The minimum Gasteiger partial charge on any atom is -0.261 e. The summed E-state index contributed by atoms with van der Waals surface area (Å²) in [6.07, 6.45) is 1.33. The highest BCUT2D eigenvalue weighted by molar-refractivity contribution is 9.10. The van der Waals surface area contributed by atoms with Crippen molar-refractivity contribution in [3.05, 3.63) is 10.7 Å². The van der Waals surface area contributed by atoms with Crippen molar-refractivity contribution < 1.29 is 13.2 Å². The lowest BCUT2D eigenvalue weighted by atomic mass is 10.7. The maximum atomic E-state index is 11.9. The second-order valence-corrected chi connectivity index (χ2v) is 3.88. The van der Waals surface area contributed by atoms with E-state index in [1.165, 1.54) is 17.9 Å². The van der Waals surface area contributed by atoms with Crippen LogP contribution in [0.3, 0.4) is 0 Å². The van der Waals surface area contributed by atoms with Crippen LogP contribution in [0.1, 0.15) is 0 Å². The van der Waals surface area contributed by atoms with E-state index in [4.69, 9.17) is 0 Å². The molecule has 0 aliphatic heterocycles. The summed E-state index contributed by atoms with van der Waals surface area (Å²) < 4.78 is 37.2. The standard InChI is InChI=1S/C5H4BrF3N2S/c1-11-4(3(6)2-10-11)12-5(7,8)9/h2H,1H3. The van der Waals surface area contributed by atoms with Crippen molar-refractivity contribution in [2.75, 3.05) is 0 Å². The van der Waals surface area contributed by atoms with Crippen molar-refractivity contribution in [2.24, 2.45) is 7.05 Å². The topological polar surface area (TPSA) is 17.8 Å². The molecule has 68 valence electrons. The van der Waals surface area contributed by atoms with Crippen molar-refractivity contribution in [3.8, 4) is 0 Å². The van der Waals surface area contributed by atoms with Gasteiger partial charge in [-0.2, -0.15) is 18.3 Å². The van der Waals surface area contributed by atoms with Crippen LogP contribution in [0.25, 0.3) is 0 Å². The van der Waals surface area contributed by atoms with Crippen LogP contribution in [0, 0.1) is 0 Å². The molecule has 12 heavy (non-hydrogen) atoms. The molecule has 0 aromatic carbocycles. The molecule has 0 saturated carbocycles. The Bertz CT molecular complexity index is 263. The summed E-state index contributed by atoms with van der Waals surface area (Å²) in [6.45, 7) is 0. The third-order valence-corrected chi connectivity index (χ3v) is 2.81. The van der Waals surface area contributed by atoms with Crippen LogP contribution < -0.4 is 0 Å². The fourth-order valence-electron chi connectivity index (χ4n) is 0.624. The van der Waals surface area contributed by atoms with Gasteiger partial charge in [0.05, 0.1) is 10.7 Å². The first-order valence-electron chi connectivity index (χ1n) is 2.83. The Morgan fingerprint density at radius 1 is 1.58 bits per heavy atom. The Kier molecular flexibility index (Phi) is 2.72. The van der Waals surface area contributed by atoms with Crippen molar-refractivity contribution in [1.29, 1.82) is 0 Å². The molecule has 0 unspecified atom stereocenters. The molecule has 0 amide bonds. The molecule has 0 saturated heterocycles. The van der Waals surface area contributed by atoms with E-state index in [1.807, 2.05) is 0 Å². The summed E-state index contributed by atoms with van der Waals surface area (Å²) in [5, 5.41) is 3.71. The zero-order valence-corrected chi connectivity index (χ0v) is 8.29. The Hall–Kier alpha value is -0.170. The third-order valence-electron chi connectivity index (χ3n) is 1.05. The van der Waals surface area contributed by atoms with Crippen molar-refractivity contribution in [3.63, 3.8) is 0 Å². The van der Waals surface area contributed by atoms with Gasteiger partial charge < -0.3 is 0 Å². The van der Waals surface area contributed by atoms with Crippen LogP contribution in [-0.2, 0) is 7.05 Å². The molecule has 1 aromatic rings. The molecule has 0 N–H and O–H groups in total. The number of aromatic nitrogens is 2. The van der Waals surface area contributed by atoms with E-state index >= 15 is 0 Å². The van der Waals surface area contributed by atoms with Gasteiger partial charge in [-0.25, -0.2) is 0 Å². The van der Waals surface area contributed by atoms with Crippen molar-refractivity contribution in [2.45, 2.75) is 10.5 Å². The monoisotopic (exact) mass is 260 g/mol. The first-order valence-corrected chi connectivity index (χ1v) is 4.44. The quantitative estimate of drug-likeness (QED) is 0.723. The lowest BCUT2D eigenvalue weighted by Gasteiger charge is -2.05. The maximum absolute atomic E-state index is 11.9. The number of thioether (sulfide) groups is 1. The lowest BCUT2D eigenvalue weighted by molar-refractivity contribution is -0.0331. The average molecular weight is 261 g/mol. The molecule has 2 nitrogen and oxygen atoms in total. The molecule has 0 atom stereocenters. The number of hydrogen-bond donors (Lipinski definition) is 0. The van der Waals surface area contributed by atoms with Gasteiger partial charge in [0, 0.05) is 18.8 Å². The zero-order chi connectivity index (χ0) is 9.35. The smallest absolute Gasteiger partial charge is 0.261 e. The third kappa shape index (κ3) is 2.41. The van der Waals surface area contributed by atoms with E-state index < -0.39 is 5.51 Å². The molecular weight excluding hydrogens is 257 g/mol. The van der Waals surface area contributed by atoms with Gasteiger partial charge in [-0.1, -0.05) is 0 Å². The lowest BCUT2D eigenvalue weighted by Crippen LogP contribution is -2.03. The van der Waals surface area contributed by atoms with Crippen LogP contribution >= 0.6 is 27.7 Å². The largest absolute Gasteiger partial charge is 0.447 e. The molecular formula is C5H4BrF3N2S. The fraction of sp³-hybridized carbons (Fsp3) is 0.400. The van der Waals surface area contributed by atoms with E-state index in [9.17, 15) is 13.2 Å². The van der Waals surface area contributed by atoms with Gasteiger partial charge in [-0.05, 0) is 15.9 Å². The average Bonchev–Trinajstić information content (AvgIpc) is 2.16. The predicted molar refractivity (Wildman–Crippen MR) is 42.8 cm³/mol. The summed E-state index contributed by atoms with van der Waals surface area (Å²) in [6, 6.07) is 0. The minimum atomic E-state index is -4.27. The molecule has 0 radical (unpaired) electrons. The van der Waals surface area contributed by atoms with Gasteiger partial charge in [0.15, 0.2) is 0 Å². The van der Waals surface area contributed by atoms with E-state index in [-0.39, 0.29) is 16.8 Å². The molecule has 0 aliphatic carbocycles. The number of halogens is 4. The van der Waals surface area contributed by atoms with Crippen LogP contribution in [0.4, 0.5) is 13.2 Å². The second-order valence-electron chi connectivity index (χ2n) is 1.97. The number of rotatable bonds is 1. The van der Waals surface area contributed by atoms with Crippen LogP contribution in [0.5, 0.6) is 0 Å². The summed E-state index contributed by atoms with van der Waals surface area (Å²) in [4.78, 5) is 0. The van der Waals surface area contributed by atoms with Crippen LogP contribution in [0.15, 0.2) is 15.7 Å². The SMILES string of the molecule is Cn1ncc(Br)c1SC(F)(F)F. The summed E-state index contributed by atoms with van der Waals surface area (Å²) in [5.74, 6) is 0. The van der Waals surface area contributed by atoms with Crippen LogP contribution in [0.2, 0.25) is 0 Å². The number of alkyl halides is 3. The van der Waals surface area contributed by atoms with E-state index in [2.05, 4.69) is 21.0 Å². The van der Waals surface area contributed by atoms with E-state index in [0.717, 1.165) is 0 Å². The Labute approximate surface area is 79.3 Å². The van der Waals surface area contributed by atoms with Gasteiger partial charge >= 0.3 is 5.51 Å². The number of nitrogens with zero attached hydrogens (tertiary/aromatic N) is 2. The Morgan fingerprint density at radius 2 is 2.17 bits per heavy atom. The molecule has 0 aliphatic rings. The Morgan fingerprint density at radius 3 is 2.50 bits per heavy atom. The van der Waals surface area contributed by atoms with E-state index in [0.29, 0.717) is 4.47 Å². The highest BCUT2D eigenvalue weighted by Crippen LogP contribution is 2.39. The number of aryl methyl sites for hydroxylation is 1. The zero-order valence-electron chi connectivity index (χ0n) is 5.89. The molecule has 0 bridgehead atoms. The highest BCUT2D eigenvalue weighted by atomic mass is 79.9. The minimum absolute atomic E-state index is 0.0579. The molecule has 0 fully saturated rings. The van der Waals surface area contributed by atoms with Gasteiger partial charge in [-0.15, -0.1) is 0 Å². The number of hydrogen-bond acceptors (Lipinski definition) is 2. The molecule has 1 aromatic heterocycles. The molecule has 1 rings (SSSR count). The normalized spacial score (nSPS) is 12.1. The predicted octanol–water partition coefficient (Wildman–Crippen LogP) is 2.79. The summed E-state index contributed by atoms with van der Waals surface area (Å²) in [7, 11) is 1.46. The van der Waals surface area contributed by atoms with Crippen LogP contribution in [-0.4, -0.2) is 15.3 Å². The van der Waals surface area contributed by atoms with Gasteiger partial charge in [0.25, 0.3) is 0 Å². The van der Waals surface area contributed by atoms with Crippen molar-refractivity contribution >= 4 is 27.7 Å². The first-order chi connectivity index (χ1) is 5.40. The molecule has 1 heterocycles. The fourth-order valence-corrected chi connectivity index (χ4v) is 1.76. The second kappa shape index (κ2) is 3.29. The van der Waals surface area contributed by atoms with Gasteiger partial charge in [0.2, 0.25) is 0 Å². The van der Waals surface area contributed by atoms with Crippen molar-refractivity contribution in [1.82, 2.24) is 9.78 Å². The molecule has 7 heteroatoms. The Balaban J connectivity index is 2.88. The van der Waals surface area contributed by atoms with Gasteiger partial charge in [0.1, 0.15) is 5.03 Å². The highest BCUT2D eigenvalue weighted by Gasteiger charge is 2.31. The first kappa shape index (κ1) is 9.91. The van der Waals surface area contributed by atoms with Gasteiger partial charge in [-0.3, -0.25) is 4.68 Å². The van der Waals surface area contributed by atoms with E-state index in [1.54, 1.807) is 0 Å². The summed E-state index contributed by atoms with van der Waals surface area (Å²) >= 11 is 2.78.